The molecular weight excluding hydrogens is 540 g/mol. The zero-order valence-electron chi connectivity index (χ0n) is 25.1. The number of aromatic nitrogens is 2. The Labute approximate surface area is 254 Å². The van der Waals surface area contributed by atoms with Gasteiger partial charge >= 0.3 is 0 Å². The molecule has 218 valence electrons. The molecule has 8 heteroatoms. The number of pyridine rings is 1. The number of thiocarbonyl (C=S) groups is 1. The second-order valence-electron chi connectivity index (χ2n) is 10.8. The molecule has 5 rings (SSSR count). The minimum atomic E-state index is -0.142. The van der Waals surface area contributed by atoms with E-state index in [9.17, 15) is 4.79 Å². The third kappa shape index (κ3) is 5.90. The van der Waals surface area contributed by atoms with Crippen LogP contribution in [0.15, 0.2) is 79.0 Å². The first-order valence-electron chi connectivity index (χ1n) is 14.7. The first-order chi connectivity index (χ1) is 20.3. The minimum Gasteiger partial charge on any atom is -0.372 e. The Morgan fingerprint density at radius 1 is 1.00 bits per heavy atom. The van der Waals surface area contributed by atoms with Gasteiger partial charge in [-0.3, -0.25) is 9.78 Å². The summed E-state index contributed by atoms with van der Waals surface area (Å²) >= 11 is 5.88. The Kier molecular flexibility index (Phi) is 8.92. The van der Waals surface area contributed by atoms with E-state index in [1.807, 2.05) is 55.6 Å². The van der Waals surface area contributed by atoms with E-state index in [0.717, 1.165) is 47.1 Å². The molecule has 1 fully saturated rings. The topological polar surface area (TPSA) is 65.4 Å². The van der Waals surface area contributed by atoms with Crippen LogP contribution in [-0.4, -0.2) is 45.1 Å². The number of nitrogens with one attached hydrogen (secondary N) is 2. The van der Waals surface area contributed by atoms with Crippen LogP contribution in [0.4, 0.5) is 11.4 Å². The maximum absolute atomic E-state index is 13.0. The molecule has 2 N–H and O–H groups in total. The van der Waals surface area contributed by atoms with Gasteiger partial charge in [0, 0.05) is 60.7 Å². The van der Waals surface area contributed by atoms with Crippen molar-refractivity contribution in [3.8, 4) is 5.69 Å². The first kappa shape index (κ1) is 29.3. The summed E-state index contributed by atoms with van der Waals surface area (Å²) in [5.41, 5.74) is 8.61. The number of carbonyl (C=O) groups is 1. The Hall–Kier alpha value is -4.17. The molecule has 0 bridgehead atoms. The molecule has 2 atom stereocenters. The molecule has 4 aromatic rings. The fourth-order valence-corrected chi connectivity index (χ4v) is 6.35. The largest absolute Gasteiger partial charge is 0.372 e. The van der Waals surface area contributed by atoms with Gasteiger partial charge in [0.05, 0.1) is 17.8 Å². The van der Waals surface area contributed by atoms with E-state index in [1.165, 1.54) is 11.3 Å². The van der Waals surface area contributed by atoms with E-state index in [1.54, 1.807) is 0 Å². The van der Waals surface area contributed by atoms with Gasteiger partial charge in [0.25, 0.3) is 0 Å². The Morgan fingerprint density at radius 3 is 2.38 bits per heavy atom. The van der Waals surface area contributed by atoms with Crippen LogP contribution in [0.1, 0.15) is 60.6 Å². The van der Waals surface area contributed by atoms with E-state index in [2.05, 4.69) is 88.0 Å². The predicted octanol–water partition coefficient (Wildman–Crippen LogP) is 6.65. The molecule has 1 saturated heterocycles. The molecule has 0 aliphatic carbocycles. The van der Waals surface area contributed by atoms with Crippen molar-refractivity contribution in [1.29, 1.82) is 0 Å². The maximum atomic E-state index is 13.0. The van der Waals surface area contributed by atoms with Crippen molar-refractivity contribution in [1.82, 2.24) is 19.8 Å². The number of nitrogens with zero attached hydrogens (tertiary/aromatic N) is 4. The Morgan fingerprint density at radius 2 is 1.71 bits per heavy atom. The number of aryl methyl sites for hydroxylation is 2. The van der Waals surface area contributed by atoms with Crippen molar-refractivity contribution in [3.63, 3.8) is 0 Å². The van der Waals surface area contributed by atoms with Crippen molar-refractivity contribution in [2.75, 3.05) is 29.9 Å². The molecule has 2 aromatic carbocycles. The van der Waals surface area contributed by atoms with Gasteiger partial charge in [-0.15, -0.1) is 0 Å². The van der Waals surface area contributed by atoms with Crippen molar-refractivity contribution >= 4 is 34.6 Å². The average molecular weight is 581 g/mol. The molecule has 0 spiro atoms. The van der Waals surface area contributed by atoms with Crippen LogP contribution < -0.4 is 15.5 Å². The highest BCUT2D eigenvalue weighted by molar-refractivity contribution is 7.80. The molecule has 42 heavy (non-hydrogen) atoms. The van der Waals surface area contributed by atoms with E-state index in [0.29, 0.717) is 18.1 Å². The smallest absolute Gasteiger partial charge is 0.226 e. The number of anilines is 2. The lowest BCUT2D eigenvalue weighted by Gasteiger charge is -2.28. The van der Waals surface area contributed by atoms with Crippen LogP contribution in [0.2, 0.25) is 0 Å². The minimum absolute atomic E-state index is 0.0362. The monoisotopic (exact) mass is 580 g/mol. The van der Waals surface area contributed by atoms with Crippen LogP contribution in [0.25, 0.3) is 5.69 Å². The van der Waals surface area contributed by atoms with Gasteiger partial charge in [-0.1, -0.05) is 24.3 Å². The number of rotatable bonds is 10. The van der Waals surface area contributed by atoms with E-state index < -0.39 is 0 Å². The molecular formula is C34H40N6OS. The molecule has 0 unspecified atom stereocenters. The lowest BCUT2D eigenvalue weighted by Crippen LogP contribution is -2.33. The zero-order chi connectivity index (χ0) is 29.8. The number of amides is 1. The summed E-state index contributed by atoms with van der Waals surface area (Å²) in [6.07, 6.45) is 2.13. The number of carbonyl (C=O) groups excluding carboxylic acids is 1. The van der Waals surface area contributed by atoms with Crippen LogP contribution in [-0.2, 0) is 4.79 Å². The Balaban J connectivity index is 1.46. The van der Waals surface area contributed by atoms with Crippen LogP contribution >= 0.6 is 12.2 Å². The van der Waals surface area contributed by atoms with E-state index in [4.69, 9.17) is 12.2 Å². The molecule has 3 heterocycles. The number of benzene rings is 2. The summed E-state index contributed by atoms with van der Waals surface area (Å²) in [5.74, 6) is -0.0362. The van der Waals surface area contributed by atoms with Gasteiger partial charge in [-0.2, -0.15) is 0 Å². The van der Waals surface area contributed by atoms with Gasteiger partial charge in [-0.25, -0.2) is 0 Å². The molecule has 0 saturated carbocycles. The fourth-order valence-electron chi connectivity index (χ4n) is 6.02. The standard InChI is InChI=1S/C34H40N6OS/c1-6-38(7-2)26-15-17-27(18-16-26)40-24(4)22-28(25(40)5)33-32(30-14-10-11-20-35-30)37-34(42)39(33)21-19-31(41)36-29-13-9-8-12-23(29)3/h8-18,20,22,32-33H,6-7,19,21H2,1-5H3,(H,36,41)(H,37,42)/t32-,33-/m1/s1. The van der Waals surface area contributed by atoms with Gasteiger partial charge in [0.1, 0.15) is 0 Å². The molecule has 2 aromatic heterocycles. The van der Waals surface area contributed by atoms with Crippen molar-refractivity contribution in [2.24, 2.45) is 0 Å². The fraction of sp³-hybridized carbons (Fsp3) is 0.324. The molecule has 0 radical (unpaired) electrons. The SMILES string of the molecule is CCN(CC)c1ccc(-n2c(C)cc([C@@H]3[C@@H](c4ccccn4)NC(=S)N3CCC(=O)Nc3ccccc3C)c2C)cc1. The third-order valence-electron chi connectivity index (χ3n) is 8.22. The lowest BCUT2D eigenvalue weighted by molar-refractivity contribution is -0.116. The number of hydrogen-bond acceptors (Lipinski definition) is 4. The third-order valence-corrected chi connectivity index (χ3v) is 8.57. The second kappa shape index (κ2) is 12.8. The summed E-state index contributed by atoms with van der Waals surface area (Å²) < 4.78 is 2.31. The summed E-state index contributed by atoms with van der Waals surface area (Å²) in [7, 11) is 0. The van der Waals surface area contributed by atoms with Gasteiger partial charge in [-0.05, 0) is 106 Å². The second-order valence-corrected chi connectivity index (χ2v) is 11.2. The summed E-state index contributed by atoms with van der Waals surface area (Å²) in [6, 6.07) is 24.6. The van der Waals surface area contributed by atoms with E-state index >= 15 is 0 Å². The summed E-state index contributed by atoms with van der Waals surface area (Å²) in [4.78, 5) is 22.2. The van der Waals surface area contributed by atoms with Gasteiger partial charge < -0.3 is 25.0 Å². The lowest BCUT2D eigenvalue weighted by atomic mass is 9.96. The highest BCUT2D eigenvalue weighted by Crippen LogP contribution is 2.41. The van der Waals surface area contributed by atoms with Crippen molar-refractivity contribution in [3.05, 3.63) is 107 Å². The zero-order valence-corrected chi connectivity index (χ0v) is 25.9. The van der Waals surface area contributed by atoms with Crippen molar-refractivity contribution in [2.45, 2.75) is 53.1 Å². The van der Waals surface area contributed by atoms with Crippen molar-refractivity contribution < 1.29 is 4.79 Å². The van der Waals surface area contributed by atoms with Gasteiger partial charge in [0.2, 0.25) is 5.91 Å². The molecule has 7 nitrogen and oxygen atoms in total. The summed E-state index contributed by atoms with van der Waals surface area (Å²) in [5, 5.41) is 7.22. The van der Waals surface area contributed by atoms with Crippen LogP contribution in [0.3, 0.4) is 0 Å². The Bertz CT molecular complexity index is 1540. The average Bonchev–Trinajstić information content (AvgIpc) is 3.48. The first-order valence-corrected chi connectivity index (χ1v) is 15.1. The van der Waals surface area contributed by atoms with Gasteiger partial charge in [0.15, 0.2) is 5.11 Å². The molecule has 1 aliphatic heterocycles. The normalized spacial score (nSPS) is 16.4. The number of hydrogen-bond donors (Lipinski definition) is 2. The predicted molar refractivity (Wildman–Crippen MR) is 175 cm³/mol. The maximum Gasteiger partial charge on any atom is 0.226 e. The highest BCUT2D eigenvalue weighted by atomic mass is 32.1. The quantitative estimate of drug-likeness (QED) is 0.205. The van der Waals surface area contributed by atoms with E-state index in [-0.39, 0.29) is 18.0 Å². The van der Waals surface area contributed by atoms with Crippen LogP contribution in [0.5, 0.6) is 0 Å². The molecule has 1 amide bonds. The molecule has 1 aliphatic rings. The summed E-state index contributed by atoms with van der Waals surface area (Å²) in [6.45, 7) is 13.1. The highest BCUT2D eigenvalue weighted by Gasteiger charge is 2.41. The van der Waals surface area contributed by atoms with Crippen LogP contribution in [0, 0.1) is 20.8 Å². The number of para-hydroxylation sites is 1.